The zero-order valence-electron chi connectivity index (χ0n) is 12.2. The molecule has 3 aromatic rings. The number of carbonyl (C=O) groups is 1. The number of rotatable bonds is 5. The Bertz CT molecular complexity index is 828. The predicted octanol–water partition coefficient (Wildman–Crippen LogP) is 2.96. The summed E-state index contributed by atoms with van der Waals surface area (Å²) in [7, 11) is 0. The number of carbonyl (C=O) groups excluding carboxylic acids is 1. The Morgan fingerprint density at radius 3 is 2.86 bits per heavy atom. The van der Waals surface area contributed by atoms with Crippen LogP contribution in [0.1, 0.15) is 28.0 Å². The monoisotopic (exact) mass is 312 g/mol. The van der Waals surface area contributed by atoms with Crippen molar-refractivity contribution in [2.75, 3.05) is 5.32 Å². The van der Waals surface area contributed by atoms with Crippen molar-refractivity contribution in [3.05, 3.63) is 52.0 Å². The van der Waals surface area contributed by atoms with Crippen LogP contribution in [0.3, 0.4) is 0 Å². The minimum atomic E-state index is -0.455. The molecule has 0 saturated carbocycles. The molecule has 1 aromatic carbocycles. The minimum Gasteiger partial charge on any atom is -0.366 e. The second-order valence-corrected chi connectivity index (χ2v) is 5.82. The first kappa shape index (κ1) is 14.5. The van der Waals surface area contributed by atoms with Crippen molar-refractivity contribution in [2.24, 2.45) is 5.73 Å². The molecule has 5 nitrogen and oxygen atoms in total. The zero-order valence-corrected chi connectivity index (χ0v) is 13.0. The average molecular weight is 312 g/mol. The number of thiazole rings is 1. The Morgan fingerprint density at radius 1 is 1.32 bits per heavy atom. The van der Waals surface area contributed by atoms with Gasteiger partial charge < -0.3 is 11.1 Å². The predicted molar refractivity (Wildman–Crippen MR) is 89.1 cm³/mol. The van der Waals surface area contributed by atoms with Crippen LogP contribution in [0.2, 0.25) is 0 Å². The number of para-hydroxylation sites is 1. The van der Waals surface area contributed by atoms with Gasteiger partial charge in [0.1, 0.15) is 5.82 Å². The van der Waals surface area contributed by atoms with Gasteiger partial charge in [-0.25, -0.2) is 9.97 Å². The van der Waals surface area contributed by atoms with Crippen LogP contribution >= 0.6 is 11.3 Å². The highest BCUT2D eigenvalue weighted by Gasteiger charge is 2.10. The quantitative estimate of drug-likeness (QED) is 0.759. The Kier molecular flexibility index (Phi) is 4.02. The van der Waals surface area contributed by atoms with E-state index in [1.165, 1.54) is 0 Å². The van der Waals surface area contributed by atoms with E-state index in [-0.39, 0.29) is 0 Å². The number of fused-ring (bicyclic) bond motifs is 1. The molecular weight excluding hydrogens is 296 g/mol. The first-order valence-electron chi connectivity index (χ1n) is 7.04. The minimum absolute atomic E-state index is 0.455. The van der Waals surface area contributed by atoms with Gasteiger partial charge in [0.25, 0.3) is 0 Å². The normalized spacial score (nSPS) is 10.8. The number of aryl methyl sites for hydroxylation is 1. The number of anilines is 1. The molecule has 0 bridgehead atoms. The topological polar surface area (TPSA) is 80.9 Å². The molecular formula is C16H16N4OS. The van der Waals surface area contributed by atoms with E-state index >= 15 is 0 Å². The Hall–Kier alpha value is -2.47. The summed E-state index contributed by atoms with van der Waals surface area (Å²) in [5, 5.41) is 7.12. The second-order valence-electron chi connectivity index (χ2n) is 4.88. The van der Waals surface area contributed by atoms with Crippen LogP contribution in [0.5, 0.6) is 0 Å². The van der Waals surface area contributed by atoms with E-state index in [0.29, 0.717) is 17.9 Å². The third-order valence-electron chi connectivity index (χ3n) is 3.33. The summed E-state index contributed by atoms with van der Waals surface area (Å²) >= 11 is 1.65. The third kappa shape index (κ3) is 2.92. The van der Waals surface area contributed by atoms with Crippen molar-refractivity contribution >= 4 is 34.0 Å². The number of aromatic nitrogens is 2. The summed E-state index contributed by atoms with van der Waals surface area (Å²) in [5.41, 5.74) is 7.66. The molecule has 2 heterocycles. The van der Waals surface area contributed by atoms with Crippen molar-refractivity contribution in [3.63, 3.8) is 0 Å². The van der Waals surface area contributed by atoms with Crippen LogP contribution in [0, 0.1) is 0 Å². The van der Waals surface area contributed by atoms with E-state index in [1.807, 2.05) is 29.6 Å². The van der Waals surface area contributed by atoms with Gasteiger partial charge in [0, 0.05) is 10.8 Å². The molecule has 0 radical (unpaired) electrons. The molecule has 6 heteroatoms. The molecule has 0 atom stereocenters. The molecule has 0 spiro atoms. The number of nitrogens with zero attached hydrogens (tertiary/aromatic N) is 2. The van der Waals surface area contributed by atoms with Crippen molar-refractivity contribution in [3.8, 4) is 0 Å². The molecule has 1 amide bonds. The SMILES string of the molecule is CCc1nc(CNc2cc(C(N)=O)c3ccccc3n2)cs1. The lowest BCUT2D eigenvalue weighted by Crippen LogP contribution is -2.13. The second kappa shape index (κ2) is 6.11. The van der Waals surface area contributed by atoms with Gasteiger partial charge in [0.05, 0.1) is 28.3 Å². The summed E-state index contributed by atoms with van der Waals surface area (Å²) in [6, 6.07) is 9.16. The molecule has 0 saturated heterocycles. The van der Waals surface area contributed by atoms with Gasteiger partial charge in [0.2, 0.25) is 5.91 Å². The molecule has 3 rings (SSSR count). The van der Waals surface area contributed by atoms with Crippen LogP contribution in [0.25, 0.3) is 10.9 Å². The lowest BCUT2D eigenvalue weighted by Gasteiger charge is -2.08. The molecule has 0 aliphatic rings. The number of nitrogens with one attached hydrogen (secondary N) is 1. The molecule has 112 valence electrons. The smallest absolute Gasteiger partial charge is 0.249 e. The molecule has 0 fully saturated rings. The van der Waals surface area contributed by atoms with Gasteiger partial charge in [-0.3, -0.25) is 4.79 Å². The first-order valence-corrected chi connectivity index (χ1v) is 7.92. The van der Waals surface area contributed by atoms with Crippen LogP contribution in [-0.2, 0) is 13.0 Å². The van der Waals surface area contributed by atoms with Crippen LogP contribution in [-0.4, -0.2) is 15.9 Å². The van der Waals surface area contributed by atoms with Crippen LogP contribution in [0.15, 0.2) is 35.7 Å². The number of hydrogen-bond donors (Lipinski definition) is 2. The number of benzene rings is 1. The lowest BCUT2D eigenvalue weighted by atomic mass is 10.1. The summed E-state index contributed by atoms with van der Waals surface area (Å²) < 4.78 is 0. The summed E-state index contributed by atoms with van der Waals surface area (Å²) in [5.74, 6) is 0.169. The van der Waals surface area contributed by atoms with Gasteiger partial charge >= 0.3 is 0 Å². The van der Waals surface area contributed by atoms with E-state index in [9.17, 15) is 4.79 Å². The fourth-order valence-electron chi connectivity index (χ4n) is 2.24. The lowest BCUT2D eigenvalue weighted by molar-refractivity contribution is 0.100. The van der Waals surface area contributed by atoms with Gasteiger partial charge in [-0.15, -0.1) is 11.3 Å². The Labute approximate surface area is 132 Å². The third-order valence-corrected chi connectivity index (χ3v) is 4.38. The van der Waals surface area contributed by atoms with Gasteiger partial charge in [0.15, 0.2) is 0 Å². The standard InChI is InChI=1S/C16H16N4OS/c1-2-15-19-10(9-22-15)8-18-14-7-12(16(17)21)11-5-3-4-6-13(11)20-14/h3-7,9H,2,8H2,1H3,(H2,17,21)(H,18,20). The van der Waals surface area contributed by atoms with Crippen molar-refractivity contribution in [1.82, 2.24) is 9.97 Å². The molecule has 2 aromatic heterocycles. The fraction of sp³-hybridized carbons (Fsp3) is 0.188. The highest BCUT2D eigenvalue weighted by Crippen LogP contribution is 2.21. The highest BCUT2D eigenvalue weighted by molar-refractivity contribution is 7.09. The Morgan fingerprint density at radius 2 is 2.14 bits per heavy atom. The van der Waals surface area contributed by atoms with Crippen LogP contribution < -0.4 is 11.1 Å². The summed E-state index contributed by atoms with van der Waals surface area (Å²) in [6.07, 6.45) is 0.935. The van der Waals surface area contributed by atoms with Gasteiger partial charge in [-0.2, -0.15) is 0 Å². The number of nitrogens with two attached hydrogens (primary N) is 1. The average Bonchev–Trinajstić information content (AvgIpc) is 3.00. The first-order chi connectivity index (χ1) is 10.7. The molecule has 22 heavy (non-hydrogen) atoms. The molecule has 0 aliphatic carbocycles. The van der Waals surface area contributed by atoms with Gasteiger partial charge in [-0.1, -0.05) is 25.1 Å². The fourth-order valence-corrected chi connectivity index (χ4v) is 2.99. The van der Waals surface area contributed by atoms with Crippen molar-refractivity contribution < 1.29 is 4.79 Å². The van der Waals surface area contributed by atoms with Crippen molar-refractivity contribution in [2.45, 2.75) is 19.9 Å². The molecule has 0 unspecified atom stereocenters. The summed E-state index contributed by atoms with van der Waals surface area (Å²) in [6.45, 7) is 2.65. The van der Waals surface area contributed by atoms with E-state index < -0.39 is 5.91 Å². The number of hydrogen-bond acceptors (Lipinski definition) is 5. The largest absolute Gasteiger partial charge is 0.366 e. The molecule has 3 N–H and O–H groups in total. The highest BCUT2D eigenvalue weighted by atomic mass is 32.1. The van der Waals surface area contributed by atoms with E-state index in [4.69, 9.17) is 5.73 Å². The van der Waals surface area contributed by atoms with Crippen LogP contribution in [0.4, 0.5) is 5.82 Å². The van der Waals surface area contributed by atoms with Crippen molar-refractivity contribution in [1.29, 1.82) is 0 Å². The van der Waals surface area contributed by atoms with E-state index in [1.54, 1.807) is 17.4 Å². The number of primary amides is 1. The zero-order chi connectivity index (χ0) is 15.5. The Balaban J connectivity index is 1.88. The van der Waals surface area contributed by atoms with E-state index in [2.05, 4.69) is 22.2 Å². The summed E-state index contributed by atoms with van der Waals surface area (Å²) in [4.78, 5) is 20.7. The number of amides is 1. The maximum absolute atomic E-state index is 11.6. The maximum atomic E-state index is 11.6. The van der Waals surface area contributed by atoms with Gasteiger partial charge in [-0.05, 0) is 18.6 Å². The van der Waals surface area contributed by atoms with E-state index in [0.717, 1.165) is 28.0 Å². The number of pyridine rings is 1. The maximum Gasteiger partial charge on any atom is 0.249 e. The molecule has 0 aliphatic heterocycles.